The molecule has 0 spiro atoms. The van der Waals surface area contributed by atoms with Gasteiger partial charge in [0.1, 0.15) is 0 Å². The van der Waals surface area contributed by atoms with Crippen LogP contribution in [0.5, 0.6) is 0 Å². The molecular formula is C26H44N2O. The van der Waals surface area contributed by atoms with Crippen LogP contribution in [0.4, 0.5) is 0 Å². The van der Waals surface area contributed by atoms with Crippen molar-refractivity contribution >= 4 is 12.1 Å². The SMILES string of the molecule is CCCCCCCCCCCCCCCCCC(=O)N/N=C\c1ccc(C)cc1. The number of hydrogen-bond donors (Lipinski definition) is 1. The van der Waals surface area contributed by atoms with E-state index in [1.807, 2.05) is 24.3 Å². The minimum absolute atomic E-state index is 0.0167. The van der Waals surface area contributed by atoms with E-state index in [-0.39, 0.29) is 5.91 Å². The Bertz CT molecular complexity index is 536. The molecule has 1 rings (SSSR count). The fourth-order valence-electron chi connectivity index (χ4n) is 3.54. The number of carbonyl (C=O) groups is 1. The molecular weight excluding hydrogens is 356 g/mol. The molecule has 0 fully saturated rings. The van der Waals surface area contributed by atoms with Crippen molar-refractivity contribution in [2.45, 2.75) is 117 Å². The Morgan fingerprint density at radius 1 is 0.759 bits per heavy atom. The molecule has 1 aromatic carbocycles. The topological polar surface area (TPSA) is 41.5 Å². The van der Waals surface area contributed by atoms with E-state index in [1.165, 1.54) is 89.0 Å². The number of benzene rings is 1. The van der Waals surface area contributed by atoms with Crippen molar-refractivity contribution in [3.63, 3.8) is 0 Å². The average Bonchev–Trinajstić information content (AvgIpc) is 2.72. The minimum Gasteiger partial charge on any atom is -0.273 e. The monoisotopic (exact) mass is 400 g/mol. The molecule has 0 heterocycles. The summed E-state index contributed by atoms with van der Waals surface area (Å²) in [5.74, 6) is 0.0167. The molecule has 0 atom stereocenters. The highest BCUT2D eigenvalue weighted by atomic mass is 16.2. The van der Waals surface area contributed by atoms with Crippen LogP contribution in [0, 0.1) is 6.92 Å². The molecule has 0 aliphatic rings. The van der Waals surface area contributed by atoms with Gasteiger partial charge in [-0.15, -0.1) is 0 Å². The van der Waals surface area contributed by atoms with Crippen molar-refractivity contribution in [3.8, 4) is 0 Å². The maximum Gasteiger partial charge on any atom is 0.240 e. The van der Waals surface area contributed by atoms with Gasteiger partial charge in [0, 0.05) is 6.42 Å². The lowest BCUT2D eigenvalue weighted by Crippen LogP contribution is -2.16. The summed E-state index contributed by atoms with van der Waals surface area (Å²) < 4.78 is 0. The second kappa shape index (κ2) is 18.4. The zero-order valence-electron chi connectivity index (χ0n) is 19.1. The number of hydrogen-bond acceptors (Lipinski definition) is 2. The number of unbranched alkanes of at least 4 members (excludes halogenated alkanes) is 14. The Morgan fingerprint density at radius 3 is 1.69 bits per heavy atom. The number of amides is 1. The van der Waals surface area contributed by atoms with Crippen LogP contribution in [0.25, 0.3) is 0 Å². The molecule has 0 saturated heterocycles. The van der Waals surface area contributed by atoms with E-state index in [1.54, 1.807) is 6.21 Å². The van der Waals surface area contributed by atoms with E-state index in [0.717, 1.165) is 18.4 Å². The molecule has 3 heteroatoms. The first-order chi connectivity index (χ1) is 14.2. The molecule has 3 nitrogen and oxygen atoms in total. The maximum atomic E-state index is 11.8. The van der Waals surface area contributed by atoms with Crippen molar-refractivity contribution in [2.24, 2.45) is 5.10 Å². The van der Waals surface area contributed by atoms with Gasteiger partial charge in [0.15, 0.2) is 0 Å². The summed E-state index contributed by atoms with van der Waals surface area (Å²) in [7, 11) is 0. The second-order valence-electron chi connectivity index (χ2n) is 8.40. The van der Waals surface area contributed by atoms with Crippen LogP contribution < -0.4 is 5.43 Å². The van der Waals surface area contributed by atoms with Crippen molar-refractivity contribution in [1.82, 2.24) is 5.43 Å². The molecule has 1 N–H and O–H groups in total. The lowest BCUT2D eigenvalue weighted by Gasteiger charge is -2.03. The molecule has 0 aliphatic carbocycles. The Hall–Kier alpha value is -1.64. The van der Waals surface area contributed by atoms with Gasteiger partial charge in [0.2, 0.25) is 5.91 Å². The quantitative estimate of drug-likeness (QED) is 0.153. The molecule has 1 aromatic rings. The van der Waals surface area contributed by atoms with E-state index in [4.69, 9.17) is 0 Å². The fraction of sp³-hybridized carbons (Fsp3) is 0.692. The Kier molecular flexibility index (Phi) is 16.1. The highest BCUT2D eigenvalue weighted by Crippen LogP contribution is 2.13. The van der Waals surface area contributed by atoms with E-state index in [2.05, 4.69) is 24.4 Å². The summed E-state index contributed by atoms with van der Waals surface area (Å²) in [4.78, 5) is 11.8. The third kappa shape index (κ3) is 15.9. The third-order valence-electron chi connectivity index (χ3n) is 5.49. The molecule has 164 valence electrons. The maximum absolute atomic E-state index is 11.8. The number of carbonyl (C=O) groups excluding carboxylic acids is 1. The lowest BCUT2D eigenvalue weighted by molar-refractivity contribution is -0.121. The summed E-state index contributed by atoms with van der Waals surface area (Å²) in [5.41, 5.74) is 4.85. The zero-order valence-corrected chi connectivity index (χ0v) is 19.1. The molecule has 0 bridgehead atoms. The van der Waals surface area contributed by atoms with E-state index in [0.29, 0.717) is 6.42 Å². The Morgan fingerprint density at radius 2 is 1.21 bits per heavy atom. The average molecular weight is 401 g/mol. The van der Waals surface area contributed by atoms with Crippen LogP contribution in [-0.4, -0.2) is 12.1 Å². The highest BCUT2D eigenvalue weighted by molar-refractivity contribution is 5.82. The summed E-state index contributed by atoms with van der Waals surface area (Å²) >= 11 is 0. The van der Waals surface area contributed by atoms with Gasteiger partial charge >= 0.3 is 0 Å². The molecule has 1 amide bonds. The van der Waals surface area contributed by atoms with Crippen molar-refractivity contribution in [1.29, 1.82) is 0 Å². The smallest absolute Gasteiger partial charge is 0.240 e. The molecule has 0 aromatic heterocycles. The first-order valence-electron chi connectivity index (χ1n) is 12.1. The Balaban J connectivity index is 1.83. The number of rotatable bonds is 18. The first-order valence-corrected chi connectivity index (χ1v) is 12.1. The van der Waals surface area contributed by atoms with E-state index in [9.17, 15) is 4.79 Å². The van der Waals surface area contributed by atoms with Crippen LogP contribution in [-0.2, 0) is 4.79 Å². The van der Waals surface area contributed by atoms with Gasteiger partial charge in [0.25, 0.3) is 0 Å². The summed E-state index contributed by atoms with van der Waals surface area (Å²) in [5, 5.41) is 4.04. The van der Waals surface area contributed by atoms with Crippen LogP contribution in [0.1, 0.15) is 121 Å². The molecule has 29 heavy (non-hydrogen) atoms. The van der Waals surface area contributed by atoms with Gasteiger partial charge < -0.3 is 0 Å². The third-order valence-corrected chi connectivity index (χ3v) is 5.49. The molecule has 0 aliphatic heterocycles. The summed E-state index contributed by atoms with van der Waals surface area (Å²) in [6, 6.07) is 8.08. The van der Waals surface area contributed by atoms with Crippen LogP contribution in [0.3, 0.4) is 0 Å². The molecule has 0 saturated carbocycles. The zero-order chi connectivity index (χ0) is 21.0. The molecule has 0 radical (unpaired) electrons. The summed E-state index contributed by atoms with van der Waals surface area (Å²) in [6.07, 6.45) is 22.4. The largest absolute Gasteiger partial charge is 0.273 e. The number of nitrogens with one attached hydrogen (secondary N) is 1. The highest BCUT2D eigenvalue weighted by Gasteiger charge is 1.99. The van der Waals surface area contributed by atoms with Crippen LogP contribution in [0.2, 0.25) is 0 Å². The number of nitrogens with zero attached hydrogens (tertiary/aromatic N) is 1. The van der Waals surface area contributed by atoms with Crippen molar-refractivity contribution in [2.75, 3.05) is 0 Å². The number of hydrazone groups is 1. The normalized spacial score (nSPS) is 11.2. The van der Waals surface area contributed by atoms with Crippen LogP contribution >= 0.6 is 0 Å². The predicted octanol–water partition coefficient (Wildman–Crippen LogP) is 7.71. The molecule has 0 unspecified atom stereocenters. The van der Waals surface area contributed by atoms with Gasteiger partial charge in [0.05, 0.1) is 6.21 Å². The first kappa shape index (κ1) is 25.4. The lowest BCUT2D eigenvalue weighted by atomic mass is 10.0. The van der Waals surface area contributed by atoms with E-state index >= 15 is 0 Å². The van der Waals surface area contributed by atoms with Gasteiger partial charge in [-0.25, -0.2) is 5.43 Å². The number of aryl methyl sites for hydroxylation is 1. The summed E-state index contributed by atoms with van der Waals surface area (Å²) in [6.45, 7) is 4.33. The van der Waals surface area contributed by atoms with Crippen LogP contribution in [0.15, 0.2) is 29.4 Å². The van der Waals surface area contributed by atoms with E-state index < -0.39 is 0 Å². The van der Waals surface area contributed by atoms with Crippen molar-refractivity contribution < 1.29 is 4.79 Å². The standard InChI is InChI=1S/C26H44N2O/c1-3-4-5-6-7-8-9-10-11-12-13-14-15-16-17-18-26(29)28-27-23-25-21-19-24(2)20-22-25/h19-23H,3-18H2,1-2H3,(H,28,29)/b27-23-. The second-order valence-corrected chi connectivity index (χ2v) is 8.40. The fourth-order valence-corrected chi connectivity index (χ4v) is 3.54. The predicted molar refractivity (Wildman–Crippen MR) is 126 cm³/mol. The van der Waals surface area contributed by atoms with Gasteiger partial charge in [-0.3, -0.25) is 4.79 Å². The van der Waals surface area contributed by atoms with Crippen molar-refractivity contribution in [3.05, 3.63) is 35.4 Å². The van der Waals surface area contributed by atoms with Gasteiger partial charge in [-0.1, -0.05) is 127 Å². The minimum atomic E-state index is 0.0167. The van der Waals surface area contributed by atoms with Gasteiger partial charge in [-0.2, -0.15) is 5.10 Å². The Labute approximate surface area is 179 Å². The van der Waals surface area contributed by atoms with Gasteiger partial charge in [-0.05, 0) is 18.9 Å².